The van der Waals surface area contributed by atoms with Crippen molar-refractivity contribution in [2.75, 3.05) is 11.4 Å². The number of benzene rings is 2. The fourth-order valence-electron chi connectivity index (χ4n) is 2.34. The number of rotatable bonds is 4. The molecule has 0 aliphatic rings. The monoisotopic (exact) mass is 364 g/mol. The second kappa shape index (κ2) is 6.45. The van der Waals surface area contributed by atoms with E-state index in [1.165, 1.54) is 0 Å². The number of nitrogens with two attached hydrogens (primary N) is 1. The number of aromatic hydroxyl groups is 1. The molecule has 0 aliphatic heterocycles. The largest absolute Gasteiger partial charge is 0.508 e. The van der Waals surface area contributed by atoms with Gasteiger partial charge in [0, 0.05) is 28.3 Å². The standard InChI is InChI=1S/C16H17BrN2OS/c1-3-19(14-9-11(20)8-7-10(14)2)13-6-4-5-12(17)15(13)16(18)21/h4-9,20H,3H2,1-2H3,(H2,18,21). The van der Waals surface area contributed by atoms with E-state index in [0.717, 1.165) is 33.5 Å². The summed E-state index contributed by atoms with van der Waals surface area (Å²) in [6.45, 7) is 4.79. The minimum absolute atomic E-state index is 0.237. The number of anilines is 2. The highest BCUT2D eigenvalue weighted by atomic mass is 79.9. The van der Waals surface area contributed by atoms with E-state index < -0.39 is 0 Å². The van der Waals surface area contributed by atoms with Gasteiger partial charge in [-0.1, -0.05) is 24.4 Å². The van der Waals surface area contributed by atoms with Crippen LogP contribution in [0.2, 0.25) is 0 Å². The van der Waals surface area contributed by atoms with Crippen LogP contribution in [-0.2, 0) is 0 Å². The molecule has 2 aromatic carbocycles. The van der Waals surface area contributed by atoms with Crippen molar-refractivity contribution in [3.05, 3.63) is 52.0 Å². The molecule has 0 atom stereocenters. The van der Waals surface area contributed by atoms with Crippen LogP contribution in [-0.4, -0.2) is 16.6 Å². The van der Waals surface area contributed by atoms with Gasteiger partial charge in [-0.2, -0.15) is 0 Å². The molecule has 0 amide bonds. The van der Waals surface area contributed by atoms with Gasteiger partial charge in [-0.05, 0) is 53.5 Å². The number of thiocarbonyl (C=S) groups is 1. The first kappa shape index (κ1) is 15.8. The Labute approximate surface area is 138 Å². The Morgan fingerprint density at radius 3 is 2.62 bits per heavy atom. The zero-order valence-corrected chi connectivity index (χ0v) is 14.3. The van der Waals surface area contributed by atoms with Gasteiger partial charge in [0.15, 0.2) is 0 Å². The average Bonchev–Trinajstić information content (AvgIpc) is 2.43. The lowest BCUT2D eigenvalue weighted by Gasteiger charge is -2.27. The summed E-state index contributed by atoms with van der Waals surface area (Å²) >= 11 is 8.69. The van der Waals surface area contributed by atoms with E-state index in [1.54, 1.807) is 12.1 Å². The van der Waals surface area contributed by atoms with E-state index >= 15 is 0 Å². The number of hydrogen-bond donors (Lipinski definition) is 2. The molecule has 110 valence electrons. The summed E-state index contributed by atoms with van der Waals surface area (Å²) in [4.78, 5) is 2.43. The minimum atomic E-state index is 0.237. The van der Waals surface area contributed by atoms with E-state index in [0.29, 0.717) is 4.99 Å². The normalized spacial score (nSPS) is 10.4. The van der Waals surface area contributed by atoms with Crippen molar-refractivity contribution in [1.29, 1.82) is 0 Å². The van der Waals surface area contributed by atoms with Crippen LogP contribution in [0.1, 0.15) is 18.1 Å². The molecule has 0 bridgehead atoms. The molecule has 0 fully saturated rings. The van der Waals surface area contributed by atoms with Gasteiger partial charge in [0.05, 0.1) is 5.69 Å². The van der Waals surface area contributed by atoms with Crippen molar-refractivity contribution in [3.8, 4) is 5.75 Å². The fraction of sp³-hybridized carbons (Fsp3) is 0.188. The number of phenolic OH excluding ortho intramolecular Hbond substituents is 1. The first-order valence-electron chi connectivity index (χ1n) is 6.61. The molecule has 5 heteroatoms. The fourth-order valence-corrected chi connectivity index (χ4v) is 3.26. The maximum Gasteiger partial charge on any atom is 0.117 e. The molecule has 2 aromatic rings. The summed E-state index contributed by atoms with van der Waals surface area (Å²) in [7, 11) is 0. The topological polar surface area (TPSA) is 49.5 Å². The predicted octanol–water partition coefficient (Wildman–Crippen LogP) is 4.26. The SMILES string of the molecule is CCN(c1cc(O)ccc1C)c1cccc(Br)c1C(N)=S. The van der Waals surface area contributed by atoms with Gasteiger partial charge in [-0.15, -0.1) is 0 Å². The summed E-state index contributed by atoms with van der Waals surface area (Å²) in [5.41, 5.74) is 9.62. The second-order valence-corrected chi connectivity index (χ2v) is 6.01. The molecule has 0 radical (unpaired) electrons. The van der Waals surface area contributed by atoms with Crippen LogP contribution in [0, 0.1) is 6.92 Å². The van der Waals surface area contributed by atoms with Crippen LogP contribution in [0.15, 0.2) is 40.9 Å². The molecule has 3 N–H and O–H groups in total. The van der Waals surface area contributed by atoms with Crippen molar-refractivity contribution in [2.24, 2.45) is 5.73 Å². The van der Waals surface area contributed by atoms with Gasteiger partial charge in [0.1, 0.15) is 10.7 Å². The molecule has 0 saturated carbocycles. The third-order valence-corrected chi connectivity index (χ3v) is 4.19. The smallest absolute Gasteiger partial charge is 0.117 e. The van der Waals surface area contributed by atoms with E-state index in [4.69, 9.17) is 18.0 Å². The van der Waals surface area contributed by atoms with Crippen molar-refractivity contribution in [2.45, 2.75) is 13.8 Å². The molecule has 0 aliphatic carbocycles. The van der Waals surface area contributed by atoms with Crippen molar-refractivity contribution in [3.63, 3.8) is 0 Å². The second-order valence-electron chi connectivity index (χ2n) is 4.71. The Morgan fingerprint density at radius 1 is 1.29 bits per heavy atom. The third-order valence-electron chi connectivity index (χ3n) is 3.33. The van der Waals surface area contributed by atoms with Gasteiger partial charge in [0.25, 0.3) is 0 Å². The number of nitrogens with zero attached hydrogens (tertiary/aromatic N) is 1. The molecule has 21 heavy (non-hydrogen) atoms. The zero-order valence-electron chi connectivity index (χ0n) is 11.9. The van der Waals surface area contributed by atoms with E-state index in [2.05, 4.69) is 20.8 Å². The average molecular weight is 365 g/mol. The highest BCUT2D eigenvalue weighted by Crippen LogP contribution is 2.35. The lowest BCUT2D eigenvalue weighted by atomic mass is 10.1. The Hall–Kier alpha value is -1.59. The maximum atomic E-state index is 9.78. The van der Waals surface area contributed by atoms with Gasteiger partial charge >= 0.3 is 0 Å². The van der Waals surface area contributed by atoms with E-state index in [9.17, 15) is 5.11 Å². The Bertz CT molecular complexity index is 688. The Kier molecular flexibility index (Phi) is 4.85. The first-order valence-corrected chi connectivity index (χ1v) is 7.81. The lowest BCUT2D eigenvalue weighted by Crippen LogP contribution is -2.22. The predicted molar refractivity (Wildman–Crippen MR) is 95.6 cm³/mol. The van der Waals surface area contributed by atoms with Gasteiger partial charge < -0.3 is 15.7 Å². The quantitative estimate of drug-likeness (QED) is 0.795. The van der Waals surface area contributed by atoms with E-state index in [-0.39, 0.29) is 5.75 Å². The molecule has 0 saturated heterocycles. The van der Waals surface area contributed by atoms with Crippen LogP contribution in [0.3, 0.4) is 0 Å². The highest BCUT2D eigenvalue weighted by molar-refractivity contribution is 9.10. The maximum absolute atomic E-state index is 9.78. The molecule has 0 unspecified atom stereocenters. The van der Waals surface area contributed by atoms with Crippen molar-refractivity contribution in [1.82, 2.24) is 0 Å². The summed E-state index contributed by atoms with van der Waals surface area (Å²) in [6, 6.07) is 11.2. The molecular weight excluding hydrogens is 348 g/mol. The number of phenols is 1. The summed E-state index contributed by atoms with van der Waals surface area (Å²) in [6.07, 6.45) is 0. The minimum Gasteiger partial charge on any atom is -0.508 e. The van der Waals surface area contributed by atoms with Crippen LogP contribution in [0.5, 0.6) is 5.75 Å². The van der Waals surface area contributed by atoms with Crippen LogP contribution >= 0.6 is 28.1 Å². The molecule has 0 heterocycles. The summed E-state index contributed by atoms with van der Waals surface area (Å²) < 4.78 is 0.865. The van der Waals surface area contributed by atoms with E-state index in [1.807, 2.05) is 38.1 Å². The zero-order chi connectivity index (χ0) is 15.6. The van der Waals surface area contributed by atoms with Gasteiger partial charge in [-0.3, -0.25) is 0 Å². The van der Waals surface area contributed by atoms with Crippen molar-refractivity contribution < 1.29 is 5.11 Å². The lowest BCUT2D eigenvalue weighted by molar-refractivity contribution is 0.475. The molecule has 0 spiro atoms. The Morgan fingerprint density at radius 2 is 2.00 bits per heavy atom. The number of hydrogen-bond acceptors (Lipinski definition) is 3. The highest BCUT2D eigenvalue weighted by Gasteiger charge is 2.17. The number of halogens is 1. The molecule has 3 nitrogen and oxygen atoms in total. The van der Waals surface area contributed by atoms with Crippen LogP contribution < -0.4 is 10.6 Å². The van der Waals surface area contributed by atoms with Crippen molar-refractivity contribution >= 4 is 44.5 Å². The Balaban J connectivity index is 2.65. The molecule has 2 rings (SSSR count). The van der Waals surface area contributed by atoms with Crippen LogP contribution in [0.25, 0.3) is 0 Å². The first-order chi connectivity index (χ1) is 9.95. The summed E-state index contributed by atoms with van der Waals surface area (Å²) in [5, 5.41) is 9.78. The molecule has 0 aromatic heterocycles. The molecular formula is C16H17BrN2OS. The van der Waals surface area contributed by atoms with Gasteiger partial charge in [-0.25, -0.2) is 0 Å². The third kappa shape index (κ3) is 3.19. The van der Waals surface area contributed by atoms with Crippen LogP contribution in [0.4, 0.5) is 11.4 Å². The summed E-state index contributed by atoms with van der Waals surface area (Å²) in [5.74, 6) is 0.237. The van der Waals surface area contributed by atoms with Gasteiger partial charge in [0.2, 0.25) is 0 Å². The number of aryl methyl sites for hydroxylation is 1.